The first-order chi connectivity index (χ1) is 11.3. The van der Waals surface area contributed by atoms with Gasteiger partial charge in [0.05, 0.1) is 6.42 Å². The topological polar surface area (TPSA) is 92.5 Å². The quantitative estimate of drug-likeness (QED) is 0.713. The van der Waals surface area contributed by atoms with Crippen molar-refractivity contribution in [2.45, 2.75) is 25.0 Å². The number of nitrogens with one attached hydrogen (secondary N) is 1. The van der Waals surface area contributed by atoms with Crippen LogP contribution in [0.15, 0.2) is 24.3 Å². The molecule has 1 amide bonds. The Labute approximate surface area is 152 Å². The molecule has 0 aliphatic carbocycles. The summed E-state index contributed by atoms with van der Waals surface area (Å²) in [5.74, 6) is -3.43. The number of sulfonamides is 1. The largest absolute Gasteiger partial charge is 0.399 e. The maximum atomic E-state index is 12.5. The molecule has 1 aliphatic rings. The van der Waals surface area contributed by atoms with Crippen LogP contribution in [0, 0.1) is 5.92 Å². The molecule has 142 valence electrons. The van der Waals surface area contributed by atoms with Crippen molar-refractivity contribution in [1.82, 2.24) is 9.62 Å². The molecule has 1 aromatic rings. The zero-order chi connectivity index (χ0) is 17.7. The van der Waals surface area contributed by atoms with Crippen LogP contribution in [0.25, 0.3) is 0 Å². The molecule has 3 N–H and O–H groups in total. The minimum Gasteiger partial charge on any atom is -0.399 e. The molecule has 6 nitrogen and oxygen atoms in total. The van der Waals surface area contributed by atoms with Crippen LogP contribution in [0.3, 0.4) is 0 Å². The van der Waals surface area contributed by atoms with Crippen LogP contribution in [0.4, 0.5) is 14.5 Å². The first-order valence-electron chi connectivity index (χ1n) is 7.67. The lowest BCUT2D eigenvalue weighted by molar-refractivity contribution is -0.120. The highest BCUT2D eigenvalue weighted by Crippen LogP contribution is 2.22. The summed E-state index contributed by atoms with van der Waals surface area (Å²) >= 11 is 0. The lowest BCUT2D eigenvalue weighted by atomic mass is 9.98. The molecule has 10 heteroatoms. The number of nitrogens with two attached hydrogens (primary N) is 1. The van der Waals surface area contributed by atoms with Gasteiger partial charge < -0.3 is 11.1 Å². The van der Waals surface area contributed by atoms with Crippen LogP contribution in [-0.2, 0) is 21.2 Å². The van der Waals surface area contributed by atoms with E-state index in [0.29, 0.717) is 25.1 Å². The molecule has 0 atom stereocenters. The second kappa shape index (κ2) is 9.30. The maximum Gasteiger partial charge on any atom is 0.350 e. The van der Waals surface area contributed by atoms with Crippen molar-refractivity contribution in [3.8, 4) is 0 Å². The number of amides is 1. The van der Waals surface area contributed by atoms with E-state index >= 15 is 0 Å². The number of nitrogen functional groups attached to an aromatic ring is 1. The minimum atomic E-state index is -4.50. The summed E-state index contributed by atoms with van der Waals surface area (Å²) < 4.78 is 48.6. The fourth-order valence-corrected chi connectivity index (χ4v) is 3.57. The molecular formula is C15H22ClF2N3O3S. The second-order valence-corrected chi connectivity index (χ2v) is 7.77. The second-order valence-electron chi connectivity index (χ2n) is 5.87. The lowest BCUT2D eigenvalue weighted by Crippen LogP contribution is -2.43. The number of carbonyl (C=O) groups is 1. The number of rotatable bonds is 6. The van der Waals surface area contributed by atoms with Gasteiger partial charge in [0.2, 0.25) is 5.91 Å². The maximum absolute atomic E-state index is 12.5. The number of hydrogen-bond donors (Lipinski definition) is 2. The standard InChI is InChI=1S/C15H21F2N3O3S.ClH/c16-15(17)24(22,23)20-7-5-12(6-8-20)10-19-14(21)9-11-1-3-13(18)4-2-11;/h1-4,12,15H,5-10,18H2,(H,19,21);1H. The highest BCUT2D eigenvalue weighted by molar-refractivity contribution is 7.89. The van der Waals surface area contributed by atoms with E-state index in [0.717, 1.165) is 9.87 Å². The summed E-state index contributed by atoms with van der Waals surface area (Å²) in [6, 6.07) is 7.01. The molecular weight excluding hydrogens is 376 g/mol. The number of nitrogens with zero attached hydrogens (tertiary/aromatic N) is 1. The highest BCUT2D eigenvalue weighted by atomic mass is 35.5. The molecule has 1 fully saturated rings. The van der Waals surface area contributed by atoms with Gasteiger partial charge in [0.25, 0.3) is 10.0 Å². The van der Waals surface area contributed by atoms with E-state index in [1.54, 1.807) is 24.3 Å². The third kappa shape index (κ3) is 6.09. The van der Waals surface area contributed by atoms with Gasteiger partial charge in [-0.3, -0.25) is 4.79 Å². The van der Waals surface area contributed by atoms with E-state index in [2.05, 4.69) is 5.32 Å². The van der Waals surface area contributed by atoms with E-state index in [-0.39, 0.29) is 43.7 Å². The summed E-state index contributed by atoms with van der Waals surface area (Å²) in [5, 5.41) is 2.81. The van der Waals surface area contributed by atoms with E-state index in [9.17, 15) is 22.0 Å². The van der Waals surface area contributed by atoms with Crippen molar-refractivity contribution in [2.24, 2.45) is 5.92 Å². The average molecular weight is 398 g/mol. The van der Waals surface area contributed by atoms with Crippen LogP contribution >= 0.6 is 12.4 Å². The van der Waals surface area contributed by atoms with Gasteiger partial charge in [-0.2, -0.15) is 13.1 Å². The Morgan fingerprint density at radius 2 is 1.80 bits per heavy atom. The number of anilines is 1. The molecule has 0 spiro atoms. The Bertz CT molecular complexity index is 663. The summed E-state index contributed by atoms with van der Waals surface area (Å²) in [6.07, 6.45) is 1.14. The fourth-order valence-electron chi connectivity index (χ4n) is 2.62. The van der Waals surface area contributed by atoms with Crippen LogP contribution in [-0.4, -0.2) is 44.0 Å². The molecule has 1 saturated heterocycles. The molecule has 0 radical (unpaired) electrons. The van der Waals surface area contributed by atoms with Crippen LogP contribution in [0.2, 0.25) is 0 Å². The van der Waals surface area contributed by atoms with Crippen molar-refractivity contribution < 1.29 is 22.0 Å². The van der Waals surface area contributed by atoms with E-state index in [1.807, 2.05) is 0 Å². The monoisotopic (exact) mass is 397 g/mol. The molecule has 0 unspecified atom stereocenters. The number of halogens is 3. The summed E-state index contributed by atoms with van der Waals surface area (Å²) in [5.41, 5.74) is 7.06. The fraction of sp³-hybridized carbons (Fsp3) is 0.533. The Morgan fingerprint density at radius 1 is 1.24 bits per heavy atom. The van der Waals surface area contributed by atoms with Crippen LogP contribution in [0.5, 0.6) is 0 Å². The number of piperidine rings is 1. The third-order valence-corrected chi connectivity index (χ3v) is 5.63. The number of benzene rings is 1. The molecule has 0 saturated carbocycles. The van der Waals surface area contributed by atoms with Gasteiger partial charge in [0, 0.05) is 25.3 Å². The van der Waals surface area contributed by atoms with Crippen molar-refractivity contribution >= 4 is 34.0 Å². The number of carbonyl (C=O) groups excluding carboxylic acids is 1. The van der Waals surface area contributed by atoms with Crippen molar-refractivity contribution in [3.05, 3.63) is 29.8 Å². The Kier molecular flexibility index (Phi) is 8.04. The van der Waals surface area contributed by atoms with Gasteiger partial charge in [-0.05, 0) is 36.5 Å². The van der Waals surface area contributed by atoms with Crippen LogP contribution in [0.1, 0.15) is 18.4 Å². The highest BCUT2D eigenvalue weighted by Gasteiger charge is 2.34. The summed E-state index contributed by atoms with van der Waals surface area (Å²) in [6.45, 7) is 0.534. The zero-order valence-corrected chi connectivity index (χ0v) is 15.2. The van der Waals surface area contributed by atoms with Crippen LogP contribution < -0.4 is 11.1 Å². The Morgan fingerprint density at radius 3 is 2.32 bits per heavy atom. The molecule has 0 aromatic heterocycles. The first-order valence-corrected chi connectivity index (χ1v) is 9.17. The SMILES string of the molecule is Cl.Nc1ccc(CC(=O)NCC2CCN(S(=O)(=O)C(F)F)CC2)cc1. The minimum absolute atomic E-state index is 0. The predicted octanol–water partition coefficient (Wildman–Crippen LogP) is 1.61. The smallest absolute Gasteiger partial charge is 0.350 e. The molecule has 0 bridgehead atoms. The predicted molar refractivity (Wildman–Crippen MR) is 94.0 cm³/mol. The zero-order valence-electron chi connectivity index (χ0n) is 13.5. The number of alkyl halides is 2. The lowest BCUT2D eigenvalue weighted by Gasteiger charge is -2.30. The molecule has 1 heterocycles. The molecule has 1 aliphatic heterocycles. The average Bonchev–Trinajstić information content (AvgIpc) is 2.55. The summed E-state index contributed by atoms with van der Waals surface area (Å²) in [4.78, 5) is 11.9. The Hall–Kier alpha value is -1.45. The van der Waals surface area contributed by atoms with Gasteiger partial charge in [0.1, 0.15) is 0 Å². The van der Waals surface area contributed by atoms with Gasteiger partial charge in [0.15, 0.2) is 0 Å². The van der Waals surface area contributed by atoms with E-state index in [4.69, 9.17) is 5.73 Å². The molecule has 2 rings (SSSR count). The van der Waals surface area contributed by atoms with Gasteiger partial charge in [-0.25, -0.2) is 8.42 Å². The molecule has 1 aromatic carbocycles. The summed E-state index contributed by atoms with van der Waals surface area (Å²) in [7, 11) is -4.50. The van der Waals surface area contributed by atoms with Gasteiger partial charge >= 0.3 is 5.76 Å². The normalized spacial score (nSPS) is 16.4. The van der Waals surface area contributed by atoms with Crippen molar-refractivity contribution in [2.75, 3.05) is 25.4 Å². The number of hydrogen-bond acceptors (Lipinski definition) is 4. The van der Waals surface area contributed by atoms with Crippen molar-refractivity contribution in [3.63, 3.8) is 0 Å². The first kappa shape index (κ1) is 21.6. The van der Waals surface area contributed by atoms with Gasteiger partial charge in [-0.1, -0.05) is 12.1 Å². The molecule has 25 heavy (non-hydrogen) atoms. The van der Waals surface area contributed by atoms with E-state index < -0.39 is 15.8 Å². The third-order valence-electron chi connectivity index (χ3n) is 4.09. The van der Waals surface area contributed by atoms with Crippen molar-refractivity contribution in [1.29, 1.82) is 0 Å². The Balaban J connectivity index is 0.00000312. The van der Waals surface area contributed by atoms with Gasteiger partial charge in [-0.15, -0.1) is 12.4 Å². The van der Waals surface area contributed by atoms with E-state index in [1.165, 1.54) is 0 Å².